The van der Waals surface area contributed by atoms with Crippen LogP contribution in [0.2, 0.25) is 0 Å². The average Bonchev–Trinajstić information content (AvgIpc) is 2.09. The SMILES string of the molecule is CSCC[C@H](NS(=O)(=O)CC(C)C)C(=O)O. The number of hydrogen-bond acceptors (Lipinski definition) is 4. The van der Waals surface area contributed by atoms with Crippen LogP contribution in [-0.2, 0) is 14.8 Å². The zero-order valence-electron chi connectivity index (χ0n) is 9.76. The van der Waals surface area contributed by atoms with Crippen LogP contribution in [0.5, 0.6) is 0 Å². The van der Waals surface area contributed by atoms with Crippen molar-refractivity contribution in [1.29, 1.82) is 0 Å². The molecule has 16 heavy (non-hydrogen) atoms. The van der Waals surface area contributed by atoms with Gasteiger partial charge in [-0.05, 0) is 24.3 Å². The van der Waals surface area contributed by atoms with Gasteiger partial charge in [0.2, 0.25) is 10.0 Å². The molecule has 0 aromatic heterocycles. The molecule has 0 unspecified atom stereocenters. The summed E-state index contributed by atoms with van der Waals surface area (Å²) in [6.07, 6.45) is 2.15. The monoisotopic (exact) mass is 269 g/mol. The Hall–Kier alpha value is -0.270. The highest BCUT2D eigenvalue weighted by Crippen LogP contribution is 2.05. The third-order valence-electron chi connectivity index (χ3n) is 1.78. The van der Waals surface area contributed by atoms with E-state index in [1.54, 1.807) is 13.8 Å². The summed E-state index contributed by atoms with van der Waals surface area (Å²) in [6.45, 7) is 3.55. The number of carbonyl (C=O) groups is 1. The summed E-state index contributed by atoms with van der Waals surface area (Å²) in [7, 11) is -3.50. The van der Waals surface area contributed by atoms with Crippen LogP contribution in [0, 0.1) is 5.92 Å². The quantitative estimate of drug-likeness (QED) is 0.680. The van der Waals surface area contributed by atoms with Crippen molar-refractivity contribution in [3.8, 4) is 0 Å². The molecule has 2 N–H and O–H groups in total. The van der Waals surface area contributed by atoms with Gasteiger partial charge in [-0.3, -0.25) is 4.79 Å². The van der Waals surface area contributed by atoms with Crippen LogP contribution >= 0.6 is 11.8 Å². The number of sulfonamides is 1. The first-order valence-electron chi connectivity index (χ1n) is 5.00. The number of thioether (sulfide) groups is 1. The highest BCUT2D eigenvalue weighted by atomic mass is 32.2. The minimum absolute atomic E-state index is 0.0208. The van der Waals surface area contributed by atoms with Gasteiger partial charge in [-0.15, -0.1) is 0 Å². The molecule has 0 spiro atoms. The Morgan fingerprint density at radius 3 is 2.38 bits per heavy atom. The molecule has 0 amide bonds. The van der Waals surface area contributed by atoms with Crippen molar-refractivity contribution in [2.75, 3.05) is 17.8 Å². The van der Waals surface area contributed by atoms with Gasteiger partial charge >= 0.3 is 5.97 Å². The second-order valence-corrected chi connectivity index (χ2v) is 6.75. The molecular weight excluding hydrogens is 250 g/mol. The van der Waals surface area contributed by atoms with Crippen LogP contribution in [0.25, 0.3) is 0 Å². The fourth-order valence-electron chi connectivity index (χ4n) is 1.17. The van der Waals surface area contributed by atoms with Crippen molar-refractivity contribution in [2.24, 2.45) is 5.92 Å². The van der Waals surface area contributed by atoms with Crippen LogP contribution in [-0.4, -0.2) is 43.3 Å². The molecule has 0 saturated heterocycles. The number of aliphatic carboxylic acids is 1. The van der Waals surface area contributed by atoms with Gasteiger partial charge < -0.3 is 5.11 Å². The first-order valence-corrected chi connectivity index (χ1v) is 8.05. The lowest BCUT2D eigenvalue weighted by atomic mass is 10.2. The molecule has 0 bridgehead atoms. The van der Waals surface area contributed by atoms with E-state index in [0.29, 0.717) is 12.2 Å². The van der Waals surface area contributed by atoms with E-state index in [1.165, 1.54) is 11.8 Å². The molecule has 0 fully saturated rings. The Bertz CT molecular complexity index is 313. The Labute approximate surface area is 101 Å². The average molecular weight is 269 g/mol. The van der Waals surface area contributed by atoms with E-state index in [-0.39, 0.29) is 11.7 Å². The molecule has 0 rings (SSSR count). The van der Waals surface area contributed by atoms with E-state index in [2.05, 4.69) is 4.72 Å². The Balaban J connectivity index is 4.44. The van der Waals surface area contributed by atoms with Crippen LogP contribution in [0.4, 0.5) is 0 Å². The highest BCUT2D eigenvalue weighted by molar-refractivity contribution is 7.98. The Morgan fingerprint density at radius 1 is 1.44 bits per heavy atom. The molecule has 0 radical (unpaired) electrons. The lowest BCUT2D eigenvalue weighted by Gasteiger charge is -2.15. The van der Waals surface area contributed by atoms with E-state index in [4.69, 9.17) is 5.11 Å². The van der Waals surface area contributed by atoms with Gasteiger partial charge in [0, 0.05) is 0 Å². The van der Waals surface area contributed by atoms with Crippen LogP contribution in [0.1, 0.15) is 20.3 Å². The minimum Gasteiger partial charge on any atom is -0.480 e. The number of nitrogens with one attached hydrogen (secondary N) is 1. The fraction of sp³-hybridized carbons (Fsp3) is 0.889. The summed E-state index contributed by atoms with van der Waals surface area (Å²) < 4.78 is 25.3. The maximum absolute atomic E-state index is 11.5. The Morgan fingerprint density at radius 2 is 2.00 bits per heavy atom. The molecule has 0 aliphatic carbocycles. The number of rotatable bonds is 8. The van der Waals surface area contributed by atoms with Crippen molar-refractivity contribution in [2.45, 2.75) is 26.3 Å². The van der Waals surface area contributed by atoms with Gasteiger partial charge in [0.05, 0.1) is 5.75 Å². The lowest BCUT2D eigenvalue weighted by molar-refractivity contribution is -0.139. The minimum atomic E-state index is -3.50. The third-order valence-corrected chi connectivity index (χ3v) is 4.18. The molecular formula is C9H19NO4S2. The summed E-state index contributed by atoms with van der Waals surface area (Å²) in [5.41, 5.74) is 0. The van der Waals surface area contributed by atoms with E-state index in [1.807, 2.05) is 6.26 Å². The summed E-state index contributed by atoms with van der Waals surface area (Å²) in [5, 5.41) is 8.86. The number of carboxylic acids is 1. The van der Waals surface area contributed by atoms with E-state index in [9.17, 15) is 13.2 Å². The van der Waals surface area contributed by atoms with E-state index in [0.717, 1.165) is 0 Å². The molecule has 0 aliphatic rings. The molecule has 5 nitrogen and oxygen atoms in total. The molecule has 7 heteroatoms. The van der Waals surface area contributed by atoms with Crippen molar-refractivity contribution in [3.63, 3.8) is 0 Å². The molecule has 0 saturated carbocycles. The van der Waals surface area contributed by atoms with Gasteiger partial charge in [-0.25, -0.2) is 13.1 Å². The first-order chi connectivity index (χ1) is 7.28. The standard InChI is InChI=1S/C9H19NO4S2/c1-7(2)6-16(13,14)10-8(9(11)12)4-5-15-3/h7-8,10H,4-6H2,1-3H3,(H,11,12)/t8-/m0/s1. The predicted molar refractivity (Wildman–Crippen MR) is 66.2 cm³/mol. The lowest BCUT2D eigenvalue weighted by Crippen LogP contribution is -2.42. The highest BCUT2D eigenvalue weighted by Gasteiger charge is 2.23. The molecule has 0 heterocycles. The van der Waals surface area contributed by atoms with Gasteiger partial charge in [0.15, 0.2) is 0 Å². The second kappa shape index (κ2) is 7.13. The first kappa shape index (κ1) is 15.7. The Kier molecular flexibility index (Phi) is 7.01. The van der Waals surface area contributed by atoms with Gasteiger partial charge in [0.25, 0.3) is 0 Å². The normalized spacial score (nSPS) is 14.0. The van der Waals surface area contributed by atoms with Crippen LogP contribution < -0.4 is 4.72 Å². The molecule has 0 aromatic rings. The number of carboxylic acid groups (broad SMARTS) is 1. The maximum Gasteiger partial charge on any atom is 0.321 e. The van der Waals surface area contributed by atoms with Gasteiger partial charge in [-0.1, -0.05) is 13.8 Å². The van der Waals surface area contributed by atoms with Crippen molar-refractivity contribution in [3.05, 3.63) is 0 Å². The zero-order valence-corrected chi connectivity index (χ0v) is 11.4. The van der Waals surface area contributed by atoms with Crippen LogP contribution in [0.15, 0.2) is 0 Å². The van der Waals surface area contributed by atoms with Crippen molar-refractivity contribution >= 4 is 27.8 Å². The molecule has 0 aromatic carbocycles. The predicted octanol–water partition coefficient (Wildman–Crippen LogP) is 0.768. The van der Waals surface area contributed by atoms with Gasteiger partial charge in [-0.2, -0.15) is 11.8 Å². The zero-order chi connectivity index (χ0) is 12.8. The van der Waals surface area contributed by atoms with Crippen molar-refractivity contribution < 1.29 is 18.3 Å². The van der Waals surface area contributed by atoms with Crippen LogP contribution in [0.3, 0.4) is 0 Å². The fourth-order valence-corrected chi connectivity index (χ4v) is 3.27. The van der Waals surface area contributed by atoms with Crippen molar-refractivity contribution in [1.82, 2.24) is 4.72 Å². The second-order valence-electron chi connectivity index (χ2n) is 3.97. The summed E-state index contributed by atoms with van der Waals surface area (Å²) in [6, 6.07) is -1.02. The molecule has 96 valence electrons. The van der Waals surface area contributed by atoms with E-state index >= 15 is 0 Å². The summed E-state index contributed by atoms with van der Waals surface area (Å²) in [4.78, 5) is 10.8. The molecule has 1 atom stereocenters. The number of hydrogen-bond donors (Lipinski definition) is 2. The summed E-state index contributed by atoms with van der Waals surface area (Å²) in [5.74, 6) is -0.578. The largest absolute Gasteiger partial charge is 0.480 e. The van der Waals surface area contributed by atoms with E-state index < -0.39 is 22.0 Å². The smallest absolute Gasteiger partial charge is 0.321 e. The molecule has 0 aliphatic heterocycles. The van der Waals surface area contributed by atoms with Gasteiger partial charge in [0.1, 0.15) is 6.04 Å². The topological polar surface area (TPSA) is 83.5 Å². The maximum atomic E-state index is 11.5. The third kappa shape index (κ3) is 7.08. The summed E-state index contributed by atoms with van der Waals surface area (Å²) >= 11 is 1.49.